The van der Waals surface area contributed by atoms with Gasteiger partial charge in [-0.25, -0.2) is 4.79 Å². The molecule has 14 heavy (non-hydrogen) atoms. The normalized spacial score (nSPS) is 12.1. The van der Waals surface area contributed by atoms with Gasteiger partial charge in [0.2, 0.25) is 0 Å². The third kappa shape index (κ3) is 3.03. The molecule has 1 aromatic rings. The Kier molecular flexibility index (Phi) is 3.95. The highest BCUT2D eigenvalue weighted by Gasteiger charge is 2.16. The lowest BCUT2D eigenvalue weighted by Gasteiger charge is -2.12. The highest BCUT2D eigenvalue weighted by atomic mass is 79.9. The van der Waals surface area contributed by atoms with E-state index in [0.717, 1.165) is 4.47 Å². The van der Waals surface area contributed by atoms with E-state index >= 15 is 0 Å². The van der Waals surface area contributed by atoms with Crippen molar-refractivity contribution in [3.63, 3.8) is 0 Å². The molecule has 1 aromatic carbocycles. The molecule has 1 atom stereocenters. The molecular weight excluding hydrogens is 248 g/mol. The first-order valence-corrected chi connectivity index (χ1v) is 5.07. The van der Waals surface area contributed by atoms with E-state index in [1.165, 1.54) is 0 Å². The van der Waals surface area contributed by atoms with Gasteiger partial charge in [0.25, 0.3) is 0 Å². The number of carboxylic acids is 1. The lowest BCUT2D eigenvalue weighted by atomic mass is 10.3. The molecule has 1 rings (SSSR count). The molecule has 0 bridgehead atoms. The minimum atomic E-state index is -0.935. The Morgan fingerprint density at radius 3 is 2.50 bits per heavy atom. The second kappa shape index (κ2) is 5.00. The van der Waals surface area contributed by atoms with Crippen LogP contribution in [0.2, 0.25) is 0 Å². The maximum absolute atomic E-state index is 10.7. The minimum Gasteiger partial charge on any atom is -0.479 e. The summed E-state index contributed by atoms with van der Waals surface area (Å²) >= 11 is 3.29. The van der Waals surface area contributed by atoms with E-state index in [9.17, 15) is 4.79 Å². The largest absolute Gasteiger partial charge is 0.479 e. The molecule has 0 heterocycles. The van der Waals surface area contributed by atoms with E-state index in [1.54, 1.807) is 19.1 Å². The fourth-order valence-electron chi connectivity index (χ4n) is 0.986. The van der Waals surface area contributed by atoms with Crippen LogP contribution >= 0.6 is 15.9 Å². The topological polar surface area (TPSA) is 46.5 Å². The third-order valence-corrected chi connectivity index (χ3v) is 2.27. The SMILES string of the molecule is CCC(Oc1ccc(Br)cc1)C(=O)O. The van der Waals surface area contributed by atoms with Gasteiger partial charge in [-0.15, -0.1) is 0 Å². The van der Waals surface area contributed by atoms with E-state index in [1.807, 2.05) is 12.1 Å². The molecule has 76 valence electrons. The molecular formula is C10H11BrO3. The summed E-state index contributed by atoms with van der Waals surface area (Å²) in [4.78, 5) is 10.7. The average Bonchev–Trinajstić information content (AvgIpc) is 2.16. The maximum atomic E-state index is 10.7. The molecule has 0 aromatic heterocycles. The molecule has 4 heteroatoms. The Morgan fingerprint density at radius 2 is 2.07 bits per heavy atom. The van der Waals surface area contributed by atoms with Crippen LogP contribution in [0.1, 0.15) is 13.3 Å². The van der Waals surface area contributed by atoms with Crippen molar-refractivity contribution in [1.29, 1.82) is 0 Å². The summed E-state index contributed by atoms with van der Waals surface area (Å²) in [6.07, 6.45) is -0.318. The standard InChI is InChI=1S/C10H11BrO3/c1-2-9(10(12)13)14-8-5-3-7(11)4-6-8/h3-6,9H,2H2,1H3,(H,12,13). The quantitative estimate of drug-likeness (QED) is 0.904. The molecule has 0 amide bonds. The predicted octanol–water partition coefficient (Wildman–Crippen LogP) is 2.69. The maximum Gasteiger partial charge on any atom is 0.344 e. The van der Waals surface area contributed by atoms with Crippen LogP contribution in [-0.4, -0.2) is 17.2 Å². The summed E-state index contributed by atoms with van der Waals surface area (Å²) in [6.45, 7) is 1.78. The Labute approximate surface area is 90.8 Å². The Hall–Kier alpha value is -1.03. The van der Waals surface area contributed by atoms with Gasteiger partial charge in [-0.1, -0.05) is 22.9 Å². The van der Waals surface area contributed by atoms with Crippen LogP contribution in [0.25, 0.3) is 0 Å². The zero-order chi connectivity index (χ0) is 10.6. The summed E-state index contributed by atoms with van der Waals surface area (Å²) in [5.41, 5.74) is 0. The van der Waals surface area contributed by atoms with E-state index in [0.29, 0.717) is 12.2 Å². The van der Waals surface area contributed by atoms with Crippen LogP contribution in [0.4, 0.5) is 0 Å². The summed E-state index contributed by atoms with van der Waals surface area (Å²) in [5.74, 6) is -0.363. The summed E-state index contributed by atoms with van der Waals surface area (Å²) < 4.78 is 6.20. The van der Waals surface area contributed by atoms with Crippen molar-refractivity contribution in [2.24, 2.45) is 0 Å². The molecule has 1 unspecified atom stereocenters. The molecule has 0 aliphatic rings. The predicted molar refractivity (Wildman–Crippen MR) is 56.5 cm³/mol. The second-order valence-electron chi connectivity index (χ2n) is 2.81. The lowest BCUT2D eigenvalue weighted by Crippen LogP contribution is -2.25. The summed E-state index contributed by atoms with van der Waals surface area (Å²) in [6, 6.07) is 7.08. The molecule has 0 aliphatic heterocycles. The van der Waals surface area contributed by atoms with Crippen LogP contribution < -0.4 is 4.74 Å². The zero-order valence-corrected chi connectivity index (χ0v) is 9.32. The van der Waals surface area contributed by atoms with Crippen molar-refractivity contribution in [3.8, 4) is 5.75 Å². The van der Waals surface area contributed by atoms with Crippen molar-refractivity contribution in [2.45, 2.75) is 19.4 Å². The van der Waals surface area contributed by atoms with Gasteiger partial charge >= 0.3 is 5.97 Å². The van der Waals surface area contributed by atoms with Gasteiger partial charge in [0.05, 0.1) is 0 Å². The van der Waals surface area contributed by atoms with Crippen LogP contribution in [0.3, 0.4) is 0 Å². The van der Waals surface area contributed by atoms with Crippen LogP contribution in [0.15, 0.2) is 28.7 Å². The molecule has 1 N–H and O–H groups in total. The van der Waals surface area contributed by atoms with E-state index in [2.05, 4.69) is 15.9 Å². The zero-order valence-electron chi connectivity index (χ0n) is 7.74. The van der Waals surface area contributed by atoms with Gasteiger partial charge in [-0.05, 0) is 30.7 Å². The number of benzene rings is 1. The highest BCUT2D eigenvalue weighted by Crippen LogP contribution is 2.17. The average molecular weight is 259 g/mol. The van der Waals surface area contributed by atoms with Crippen molar-refractivity contribution in [1.82, 2.24) is 0 Å². The smallest absolute Gasteiger partial charge is 0.344 e. The molecule has 0 saturated heterocycles. The first-order chi connectivity index (χ1) is 6.63. The van der Waals surface area contributed by atoms with Crippen LogP contribution in [0.5, 0.6) is 5.75 Å². The van der Waals surface area contributed by atoms with Gasteiger partial charge in [0, 0.05) is 4.47 Å². The van der Waals surface area contributed by atoms with E-state index < -0.39 is 12.1 Å². The van der Waals surface area contributed by atoms with Gasteiger partial charge in [0.1, 0.15) is 5.75 Å². The van der Waals surface area contributed by atoms with Gasteiger partial charge in [-0.2, -0.15) is 0 Å². The fourth-order valence-corrected chi connectivity index (χ4v) is 1.25. The molecule has 0 aliphatic carbocycles. The lowest BCUT2D eigenvalue weighted by molar-refractivity contribution is -0.145. The molecule has 0 spiro atoms. The highest BCUT2D eigenvalue weighted by molar-refractivity contribution is 9.10. The summed E-state index contributed by atoms with van der Waals surface area (Å²) in [5, 5.41) is 8.75. The van der Waals surface area contributed by atoms with Gasteiger partial charge in [0.15, 0.2) is 6.10 Å². The first kappa shape index (κ1) is 11.0. The monoisotopic (exact) mass is 258 g/mol. The van der Waals surface area contributed by atoms with Crippen molar-refractivity contribution < 1.29 is 14.6 Å². The molecule has 0 radical (unpaired) electrons. The number of hydrogen-bond donors (Lipinski definition) is 1. The van der Waals surface area contributed by atoms with Crippen molar-refractivity contribution >= 4 is 21.9 Å². The fraction of sp³-hybridized carbons (Fsp3) is 0.300. The van der Waals surface area contributed by atoms with E-state index in [4.69, 9.17) is 9.84 Å². The number of ether oxygens (including phenoxy) is 1. The Bertz CT molecular complexity index is 308. The van der Waals surface area contributed by atoms with Crippen molar-refractivity contribution in [2.75, 3.05) is 0 Å². The number of hydrogen-bond acceptors (Lipinski definition) is 2. The number of carbonyl (C=O) groups is 1. The van der Waals surface area contributed by atoms with Gasteiger partial charge in [-0.3, -0.25) is 0 Å². The molecule has 0 fully saturated rings. The van der Waals surface area contributed by atoms with Crippen molar-refractivity contribution in [3.05, 3.63) is 28.7 Å². The van der Waals surface area contributed by atoms with E-state index in [-0.39, 0.29) is 0 Å². The number of carboxylic acid groups (broad SMARTS) is 1. The minimum absolute atomic E-state index is 0.450. The van der Waals surface area contributed by atoms with Gasteiger partial charge < -0.3 is 9.84 Å². The Balaban J connectivity index is 2.67. The number of halogens is 1. The molecule has 3 nitrogen and oxygen atoms in total. The number of rotatable bonds is 4. The van der Waals surface area contributed by atoms with Crippen LogP contribution in [-0.2, 0) is 4.79 Å². The Morgan fingerprint density at radius 1 is 1.50 bits per heavy atom. The summed E-state index contributed by atoms with van der Waals surface area (Å²) in [7, 11) is 0. The first-order valence-electron chi connectivity index (χ1n) is 4.28. The number of aliphatic carboxylic acids is 1. The molecule has 0 saturated carbocycles. The second-order valence-corrected chi connectivity index (χ2v) is 3.72. The van der Waals surface area contributed by atoms with Crippen LogP contribution in [0, 0.1) is 0 Å². The third-order valence-electron chi connectivity index (χ3n) is 1.74.